The van der Waals surface area contributed by atoms with E-state index in [1.165, 1.54) is 0 Å². The third kappa shape index (κ3) is 2.43. The summed E-state index contributed by atoms with van der Waals surface area (Å²) in [7, 11) is 0. The van der Waals surface area contributed by atoms with E-state index in [0.717, 1.165) is 0 Å². The van der Waals surface area contributed by atoms with E-state index in [2.05, 4.69) is 5.32 Å². The minimum Gasteiger partial charge on any atom is -0.376 e. The van der Waals surface area contributed by atoms with Gasteiger partial charge in [0.25, 0.3) is 5.91 Å². The van der Waals surface area contributed by atoms with Gasteiger partial charge in [0.15, 0.2) is 6.17 Å². The predicted molar refractivity (Wildman–Crippen MR) is 50.8 cm³/mol. The zero-order chi connectivity index (χ0) is 13.0. The average molecular weight is 248 g/mol. The van der Waals surface area contributed by atoms with E-state index in [-0.39, 0.29) is 0 Å². The third-order valence-corrected chi connectivity index (χ3v) is 2.09. The summed E-state index contributed by atoms with van der Waals surface area (Å²) in [6.07, 6.45) is -1.41. The first-order valence-corrected chi connectivity index (χ1v) is 4.55. The van der Waals surface area contributed by atoms with Crippen LogP contribution in [0.1, 0.15) is 0 Å². The summed E-state index contributed by atoms with van der Waals surface area (Å²) in [5.74, 6) is -0.875. The van der Waals surface area contributed by atoms with Gasteiger partial charge in [0.1, 0.15) is 20.2 Å². The minimum atomic E-state index is -1.41. The molecule has 1 aliphatic rings. The van der Waals surface area contributed by atoms with Crippen molar-refractivity contribution in [3.8, 4) is 0 Å². The van der Waals surface area contributed by atoms with Gasteiger partial charge in [0, 0.05) is 0 Å². The normalized spacial score (nSPS) is 19.8. The van der Waals surface area contributed by atoms with Crippen molar-refractivity contribution in [2.75, 3.05) is 20.2 Å². The zero-order valence-corrected chi connectivity index (χ0v) is 8.66. The van der Waals surface area contributed by atoms with Crippen molar-refractivity contribution in [3.63, 3.8) is 0 Å². The number of urea groups is 2. The SMILES string of the molecule is O=C(NCO)NC1C(=O)N(CO)C(=O)N1CO. The fraction of sp³-hybridized carbons (Fsp3) is 0.571. The maximum absolute atomic E-state index is 11.5. The number of aliphatic hydroxyl groups is 3. The molecule has 17 heavy (non-hydrogen) atoms. The Morgan fingerprint density at radius 3 is 2.35 bits per heavy atom. The summed E-state index contributed by atoms with van der Waals surface area (Å²) in [6, 6.07) is -1.81. The highest BCUT2D eigenvalue weighted by Crippen LogP contribution is 2.14. The van der Waals surface area contributed by atoms with Crippen LogP contribution in [0, 0.1) is 0 Å². The topological polar surface area (TPSA) is 142 Å². The van der Waals surface area contributed by atoms with Gasteiger partial charge in [-0.2, -0.15) is 0 Å². The van der Waals surface area contributed by atoms with Gasteiger partial charge in [0.05, 0.1) is 0 Å². The lowest BCUT2D eigenvalue weighted by Gasteiger charge is -2.19. The Balaban J connectivity index is 2.79. The summed E-state index contributed by atoms with van der Waals surface area (Å²) in [4.78, 5) is 35.1. The Labute approximate surface area is 95.4 Å². The van der Waals surface area contributed by atoms with Crippen molar-refractivity contribution in [3.05, 3.63) is 0 Å². The summed E-state index contributed by atoms with van der Waals surface area (Å²) in [5, 5.41) is 30.1. The molecule has 0 aromatic rings. The molecule has 1 heterocycles. The van der Waals surface area contributed by atoms with Gasteiger partial charge in [-0.15, -0.1) is 0 Å². The molecule has 1 unspecified atom stereocenters. The van der Waals surface area contributed by atoms with Crippen molar-refractivity contribution in [1.29, 1.82) is 0 Å². The second-order valence-corrected chi connectivity index (χ2v) is 3.01. The monoisotopic (exact) mass is 248 g/mol. The van der Waals surface area contributed by atoms with Gasteiger partial charge >= 0.3 is 12.1 Å². The van der Waals surface area contributed by atoms with Gasteiger partial charge in [-0.05, 0) is 0 Å². The first-order valence-electron chi connectivity index (χ1n) is 4.55. The van der Waals surface area contributed by atoms with Crippen LogP contribution in [0.25, 0.3) is 0 Å². The molecule has 0 aromatic carbocycles. The summed E-state index contributed by atoms with van der Waals surface area (Å²) < 4.78 is 0. The molecule has 1 aliphatic heterocycles. The van der Waals surface area contributed by atoms with E-state index in [0.29, 0.717) is 9.80 Å². The molecule has 0 aromatic heterocycles. The summed E-state index contributed by atoms with van der Waals surface area (Å²) in [6.45, 7) is -2.30. The lowest BCUT2D eigenvalue weighted by molar-refractivity contribution is -0.131. The molecular formula is C7H12N4O6. The number of nitrogens with zero attached hydrogens (tertiary/aromatic N) is 2. The van der Waals surface area contributed by atoms with E-state index in [1.807, 2.05) is 5.32 Å². The predicted octanol–water partition coefficient (Wildman–Crippen LogP) is -3.27. The average Bonchev–Trinajstić information content (AvgIpc) is 2.51. The molecule has 1 saturated heterocycles. The Hall–Kier alpha value is -1.91. The Kier molecular flexibility index (Phi) is 4.20. The molecule has 96 valence electrons. The number of rotatable bonds is 4. The number of carbonyl (C=O) groups excluding carboxylic acids is 3. The number of carbonyl (C=O) groups is 3. The van der Waals surface area contributed by atoms with Crippen LogP contribution < -0.4 is 10.6 Å². The number of hydrogen-bond donors (Lipinski definition) is 5. The van der Waals surface area contributed by atoms with Crippen LogP contribution in [0.15, 0.2) is 0 Å². The lowest BCUT2D eigenvalue weighted by Crippen LogP contribution is -2.52. The molecule has 5 amide bonds. The van der Waals surface area contributed by atoms with E-state index < -0.39 is 44.3 Å². The second-order valence-electron chi connectivity index (χ2n) is 3.01. The van der Waals surface area contributed by atoms with Crippen molar-refractivity contribution in [2.24, 2.45) is 0 Å². The van der Waals surface area contributed by atoms with Gasteiger partial charge in [-0.3, -0.25) is 9.69 Å². The molecule has 0 aliphatic carbocycles. The second kappa shape index (κ2) is 5.43. The molecule has 5 N–H and O–H groups in total. The standard InChI is InChI=1S/C7H12N4O6/c12-1-8-6(16)9-4-5(15)11(3-14)7(17)10(4)2-13/h4,12-14H,1-3H2,(H2,8,9,16). The number of amides is 5. The highest BCUT2D eigenvalue weighted by Gasteiger charge is 2.45. The van der Waals surface area contributed by atoms with E-state index in [1.54, 1.807) is 0 Å². The van der Waals surface area contributed by atoms with Crippen LogP contribution in [-0.2, 0) is 4.79 Å². The van der Waals surface area contributed by atoms with Crippen LogP contribution in [0.2, 0.25) is 0 Å². The third-order valence-electron chi connectivity index (χ3n) is 2.09. The van der Waals surface area contributed by atoms with E-state index in [4.69, 9.17) is 15.3 Å². The molecule has 1 atom stereocenters. The van der Waals surface area contributed by atoms with Crippen LogP contribution in [0.3, 0.4) is 0 Å². The molecule has 0 spiro atoms. The van der Waals surface area contributed by atoms with Crippen LogP contribution >= 0.6 is 0 Å². The lowest BCUT2D eigenvalue weighted by atomic mass is 10.4. The van der Waals surface area contributed by atoms with Crippen molar-refractivity contribution in [2.45, 2.75) is 6.17 Å². The molecule has 10 nitrogen and oxygen atoms in total. The van der Waals surface area contributed by atoms with Crippen LogP contribution in [-0.4, -0.2) is 69.4 Å². The Bertz CT molecular complexity index is 334. The van der Waals surface area contributed by atoms with Crippen molar-refractivity contribution >= 4 is 18.0 Å². The fourth-order valence-corrected chi connectivity index (χ4v) is 1.30. The van der Waals surface area contributed by atoms with Gasteiger partial charge in [-0.25, -0.2) is 14.5 Å². The molecule has 1 rings (SSSR count). The summed E-state index contributed by atoms with van der Waals surface area (Å²) >= 11 is 0. The van der Waals surface area contributed by atoms with Gasteiger partial charge < -0.3 is 26.0 Å². The number of nitrogens with one attached hydrogen (secondary N) is 2. The first kappa shape index (κ1) is 13.2. The smallest absolute Gasteiger partial charge is 0.332 e. The minimum absolute atomic E-state index is 0.458. The Morgan fingerprint density at radius 1 is 1.24 bits per heavy atom. The molecule has 10 heteroatoms. The molecule has 0 bridgehead atoms. The van der Waals surface area contributed by atoms with E-state index >= 15 is 0 Å². The number of aliphatic hydroxyl groups excluding tert-OH is 3. The largest absolute Gasteiger partial charge is 0.376 e. The highest BCUT2D eigenvalue weighted by molar-refractivity contribution is 6.05. The fourth-order valence-electron chi connectivity index (χ4n) is 1.30. The number of imide groups is 1. The van der Waals surface area contributed by atoms with Crippen molar-refractivity contribution in [1.82, 2.24) is 20.4 Å². The maximum Gasteiger partial charge on any atom is 0.332 e. The number of hydrogen-bond acceptors (Lipinski definition) is 6. The molecule has 0 radical (unpaired) electrons. The highest BCUT2D eigenvalue weighted by atomic mass is 16.3. The van der Waals surface area contributed by atoms with Crippen LogP contribution in [0.4, 0.5) is 9.59 Å². The first-order chi connectivity index (χ1) is 8.06. The van der Waals surface area contributed by atoms with Crippen LogP contribution in [0.5, 0.6) is 0 Å². The van der Waals surface area contributed by atoms with Gasteiger partial charge in [0.2, 0.25) is 0 Å². The quantitative estimate of drug-likeness (QED) is 0.261. The van der Waals surface area contributed by atoms with Crippen molar-refractivity contribution < 1.29 is 29.7 Å². The van der Waals surface area contributed by atoms with E-state index in [9.17, 15) is 14.4 Å². The summed E-state index contributed by atoms with van der Waals surface area (Å²) in [5.41, 5.74) is 0. The zero-order valence-electron chi connectivity index (χ0n) is 8.66. The molecule has 0 saturated carbocycles. The molecule has 1 fully saturated rings. The Morgan fingerprint density at radius 2 is 1.88 bits per heavy atom. The maximum atomic E-state index is 11.5. The molecular weight excluding hydrogens is 236 g/mol. The van der Waals surface area contributed by atoms with Gasteiger partial charge in [-0.1, -0.05) is 0 Å².